The van der Waals surface area contributed by atoms with Gasteiger partial charge in [-0.15, -0.1) is 0 Å². The van der Waals surface area contributed by atoms with Crippen molar-refractivity contribution in [3.05, 3.63) is 36.7 Å². The molecule has 0 bridgehead atoms. The number of carbonyl (C=O) groups is 1. The van der Waals surface area contributed by atoms with Crippen molar-refractivity contribution in [2.75, 3.05) is 13.1 Å². The fraction of sp³-hybridized carbons (Fsp3) is 0.524. The van der Waals surface area contributed by atoms with Gasteiger partial charge in [-0.1, -0.05) is 19.4 Å². The summed E-state index contributed by atoms with van der Waals surface area (Å²) >= 11 is 1.58. The minimum atomic E-state index is -0.479. The molecule has 0 aliphatic heterocycles. The van der Waals surface area contributed by atoms with Crippen LogP contribution in [-0.4, -0.2) is 40.7 Å². The predicted molar refractivity (Wildman–Crippen MR) is 113 cm³/mol. The van der Waals surface area contributed by atoms with Gasteiger partial charge in [0.1, 0.15) is 5.60 Å². The van der Waals surface area contributed by atoms with E-state index in [0.29, 0.717) is 13.1 Å². The number of hydrogen-bond acceptors (Lipinski definition) is 5. The topological polar surface area (TPSA) is 54.5 Å². The molecular weight excluding hydrogens is 358 g/mol. The van der Waals surface area contributed by atoms with Crippen molar-refractivity contribution >= 4 is 28.8 Å². The number of pyridine rings is 1. The van der Waals surface area contributed by atoms with Gasteiger partial charge in [-0.3, -0.25) is 9.71 Å². The van der Waals surface area contributed by atoms with Gasteiger partial charge in [-0.05, 0) is 69.6 Å². The Bertz CT molecular complexity index is 746. The second kappa shape index (κ2) is 9.95. The smallest absolute Gasteiger partial charge is 0.410 e. The number of nitrogens with zero attached hydrogens (tertiary/aromatic N) is 2. The minimum absolute atomic E-state index is 0.132. The van der Waals surface area contributed by atoms with Gasteiger partial charge < -0.3 is 9.64 Å². The largest absolute Gasteiger partial charge is 0.444 e. The van der Waals surface area contributed by atoms with Gasteiger partial charge >= 0.3 is 6.09 Å². The third-order valence-corrected chi connectivity index (χ3v) is 4.93. The highest BCUT2D eigenvalue weighted by Crippen LogP contribution is 2.21. The molecule has 5 nitrogen and oxygen atoms in total. The number of rotatable bonds is 8. The summed E-state index contributed by atoms with van der Waals surface area (Å²) in [4.78, 5) is 19.6. The summed E-state index contributed by atoms with van der Waals surface area (Å²) in [5.41, 5.74) is -0.479. The molecule has 148 valence electrons. The van der Waals surface area contributed by atoms with E-state index in [-0.39, 0.29) is 12.1 Å². The standard InChI is InChI=1S/C21H31N3O2S/c1-6-7-12-24(20(25)26-21(3,4)5)15-16(2)23-27-19-9-8-18-14-22-11-10-17(18)13-19/h8-11,13-14,16,23H,6-7,12,15H2,1-5H3. The van der Waals surface area contributed by atoms with Gasteiger partial charge in [0.05, 0.1) is 0 Å². The number of aromatic nitrogens is 1. The normalized spacial score (nSPS) is 12.8. The van der Waals surface area contributed by atoms with Crippen molar-refractivity contribution in [2.24, 2.45) is 0 Å². The van der Waals surface area contributed by atoms with Crippen LogP contribution in [0, 0.1) is 0 Å². The van der Waals surface area contributed by atoms with Crippen LogP contribution < -0.4 is 4.72 Å². The third-order valence-electron chi connectivity index (χ3n) is 3.92. The van der Waals surface area contributed by atoms with Crippen LogP contribution in [0.1, 0.15) is 47.5 Å². The number of unbranched alkanes of at least 4 members (excludes halogenated alkanes) is 1. The Kier molecular flexibility index (Phi) is 7.92. The fourth-order valence-electron chi connectivity index (χ4n) is 2.59. The summed E-state index contributed by atoms with van der Waals surface area (Å²) < 4.78 is 9.00. The molecule has 0 saturated heterocycles. The number of carbonyl (C=O) groups excluding carboxylic acids is 1. The van der Waals surface area contributed by atoms with Crippen LogP contribution in [0.4, 0.5) is 4.79 Å². The van der Waals surface area contributed by atoms with Crippen LogP contribution in [0.25, 0.3) is 10.8 Å². The summed E-state index contributed by atoms with van der Waals surface area (Å²) in [5, 5.41) is 2.30. The fourth-order valence-corrected chi connectivity index (χ4v) is 3.33. The van der Waals surface area contributed by atoms with Gasteiger partial charge in [-0.2, -0.15) is 0 Å². The van der Waals surface area contributed by atoms with E-state index in [2.05, 4.69) is 41.8 Å². The highest BCUT2D eigenvalue weighted by Gasteiger charge is 2.23. The maximum absolute atomic E-state index is 12.5. The first-order chi connectivity index (χ1) is 12.8. The molecule has 0 aliphatic carbocycles. The van der Waals surface area contributed by atoms with Crippen molar-refractivity contribution in [3.63, 3.8) is 0 Å². The summed E-state index contributed by atoms with van der Waals surface area (Å²) in [7, 11) is 0. The van der Waals surface area contributed by atoms with Gasteiger partial charge in [0.25, 0.3) is 0 Å². The number of ether oxygens (including phenoxy) is 1. The summed E-state index contributed by atoms with van der Waals surface area (Å²) in [6.07, 6.45) is 5.44. The first-order valence-electron chi connectivity index (χ1n) is 9.52. The van der Waals surface area contributed by atoms with Crippen molar-refractivity contribution in [3.8, 4) is 0 Å². The molecule has 1 heterocycles. The molecule has 27 heavy (non-hydrogen) atoms. The molecule has 1 aromatic heterocycles. The number of amides is 1. The van der Waals surface area contributed by atoms with Gasteiger partial charge in [0.15, 0.2) is 0 Å². The number of fused-ring (bicyclic) bond motifs is 1. The molecule has 0 aliphatic rings. The first-order valence-corrected chi connectivity index (χ1v) is 10.3. The number of nitrogens with one attached hydrogen (secondary N) is 1. The zero-order valence-corrected chi connectivity index (χ0v) is 17.8. The molecule has 1 amide bonds. The lowest BCUT2D eigenvalue weighted by molar-refractivity contribution is 0.0237. The van der Waals surface area contributed by atoms with Crippen molar-refractivity contribution in [2.45, 2.75) is 64.0 Å². The lowest BCUT2D eigenvalue weighted by Crippen LogP contribution is -2.43. The van der Waals surface area contributed by atoms with Crippen LogP contribution >= 0.6 is 11.9 Å². The molecule has 0 fully saturated rings. The molecule has 0 radical (unpaired) electrons. The second-order valence-electron chi connectivity index (χ2n) is 7.79. The Morgan fingerprint density at radius 2 is 2.07 bits per heavy atom. The van der Waals surface area contributed by atoms with E-state index < -0.39 is 5.60 Å². The molecule has 0 spiro atoms. The van der Waals surface area contributed by atoms with E-state index >= 15 is 0 Å². The molecule has 0 saturated carbocycles. The molecular formula is C21H31N3O2S. The molecule has 1 N–H and O–H groups in total. The van der Waals surface area contributed by atoms with Crippen LogP contribution in [0.3, 0.4) is 0 Å². The van der Waals surface area contributed by atoms with Crippen LogP contribution in [0.2, 0.25) is 0 Å². The monoisotopic (exact) mass is 389 g/mol. The highest BCUT2D eigenvalue weighted by atomic mass is 32.2. The molecule has 1 atom stereocenters. The van der Waals surface area contributed by atoms with Crippen molar-refractivity contribution in [1.29, 1.82) is 0 Å². The highest BCUT2D eigenvalue weighted by molar-refractivity contribution is 7.97. The molecule has 1 aromatic carbocycles. The zero-order chi connectivity index (χ0) is 19.9. The van der Waals surface area contributed by atoms with Crippen LogP contribution in [0.5, 0.6) is 0 Å². The van der Waals surface area contributed by atoms with E-state index in [1.807, 2.05) is 33.0 Å². The van der Waals surface area contributed by atoms with Gasteiger partial charge in [-0.25, -0.2) is 4.79 Å². The molecule has 2 rings (SSSR count). The van der Waals surface area contributed by atoms with E-state index in [9.17, 15) is 4.79 Å². The van der Waals surface area contributed by atoms with Crippen LogP contribution in [0.15, 0.2) is 41.6 Å². The first kappa shape index (κ1) is 21.5. The Morgan fingerprint density at radius 1 is 1.30 bits per heavy atom. The summed E-state index contributed by atoms with van der Waals surface area (Å²) in [6.45, 7) is 11.2. The number of benzene rings is 1. The Hall–Kier alpha value is -1.79. The summed E-state index contributed by atoms with van der Waals surface area (Å²) in [5.74, 6) is 0. The number of hydrogen-bond donors (Lipinski definition) is 1. The zero-order valence-electron chi connectivity index (χ0n) is 17.0. The molecule has 2 aromatic rings. The van der Waals surface area contributed by atoms with E-state index in [0.717, 1.165) is 23.1 Å². The predicted octanol–water partition coefficient (Wildman–Crippen LogP) is 5.26. The Morgan fingerprint density at radius 3 is 2.78 bits per heavy atom. The lowest BCUT2D eigenvalue weighted by Gasteiger charge is -2.29. The maximum atomic E-state index is 12.5. The van der Waals surface area contributed by atoms with E-state index in [1.165, 1.54) is 5.39 Å². The Balaban J connectivity index is 1.93. The maximum Gasteiger partial charge on any atom is 0.410 e. The average Bonchev–Trinajstić information content (AvgIpc) is 2.61. The quantitative estimate of drug-likeness (QED) is 0.624. The van der Waals surface area contributed by atoms with Gasteiger partial charge in [0, 0.05) is 41.8 Å². The molecule has 6 heteroatoms. The van der Waals surface area contributed by atoms with Crippen molar-refractivity contribution in [1.82, 2.24) is 14.6 Å². The van der Waals surface area contributed by atoms with Gasteiger partial charge in [0.2, 0.25) is 0 Å². The minimum Gasteiger partial charge on any atom is -0.444 e. The third kappa shape index (κ3) is 7.39. The SMILES string of the molecule is CCCCN(CC(C)NSc1ccc2cnccc2c1)C(=O)OC(C)(C)C. The second-order valence-corrected chi connectivity index (χ2v) is 8.70. The average molecular weight is 390 g/mol. The Labute approximate surface area is 167 Å². The lowest BCUT2D eigenvalue weighted by atomic mass is 10.2. The van der Waals surface area contributed by atoms with Crippen LogP contribution in [-0.2, 0) is 4.74 Å². The van der Waals surface area contributed by atoms with E-state index in [4.69, 9.17) is 4.74 Å². The summed E-state index contributed by atoms with van der Waals surface area (Å²) in [6, 6.07) is 8.44. The van der Waals surface area contributed by atoms with Crippen molar-refractivity contribution < 1.29 is 9.53 Å². The van der Waals surface area contributed by atoms with E-state index in [1.54, 1.807) is 23.0 Å². The molecule has 1 unspecified atom stereocenters.